The van der Waals surface area contributed by atoms with Gasteiger partial charge in [-0.25, -0.2) is 0 Å². The molecular formula is C14H14OS. The lowest BCUT2D eigenvalue weighted by molar-refractivity contribution is 0.104. The summed E-state index contributed by atoms with van der Waals surface area (Å²) in [5.41, 5.74) is 3.14. The molecule has 0 saturated carbocycles. The van der Waals surface area contributed by atoms with E-state index in [4.69, 9.17) is 0 Å². The van der Waals surface area contributed by atoms with Gasteiger partial charge in [0.25, 0.3) is 0 Å². The summed E-state index contributed by atoms with van der Waals surface area (Å²) >= 11 is 1.57. The number of benzene rings is 1. The molecule has 0 aliphatic rings. The van der Waals surface area contributed by atoms with Gasteiger partial charge in [-0.05, 0) is 32.4 Å². The van der Waals surface area contributed by atoms with Gasteiger partial charge in [0.1, 0.15) is 0 Å². The number of aryl methyl sites for hydroxylation is 3. The van der Waals surface area contributed by atoms with Gasteiger partial charge in [-0.15, -0.1) is 11.3 Å². The minimum Gasteiger partial charge on any atom is -0.288 e. The zero-order valence-electron chi connectivity index (χ0n) is 9.70. The third-order valence-corrected chi connectivity index (χ3v) is 3.85. The molecular weight excluding hydrogens is 216 g/mol. The molecule has 0 amide bonds. The lowest BCUT2D eigenvalue weighted by Gasteiger charge is -1.98. The van der Waals surface area contributed by atoms with Crippen LogP contribution in [0.5, 0.6) is 0 Å². The summed E-state index contributed by atoms with van der Waals surface area (Å²) < 4.78 is 0. The Morgan fingerprint density at radius 3 is 2.19 bits per heavy atom. The van der Waals surface area contributed by atoms with Gasteiger partial charge >= 0.3 is 0 Å². The van der Waals surface area contributed by atoms with Gasteiger partial charge in [-0.3, -0.25) is 4.79 Å². The molecule has 16 heavy (non-hydrogen) atoms. The summed E-state index contributed by atoms with van der Waals surface area (Å²) in [4.78, 5) is 14.2. The fourth-order valence-electron chi connectivity index (χ4n) is 1.53. The van der Waals surface area contributed by atoms with E-state index in [0.29, 0.717) is 0 Å². The Balaban J connectivity index is 2.35. The molecule has 0 atom stereocenters. The number of ketones is 1. The molecule has 0 bridgehead atoms. The van der Waals surface area contributed by atoms with Gasteiger partial charge in [0, 0.05) is 10.4 Å². The minimum atomic E-state index is 0.126. The normalized spacial score (nSPS) is 10.4. The van der Waals surface area contributed by atoms with Crippen molar-refractivity contribution in [3.63, 3.8) is 0 Å². The molecule has 0 unspecified atom stereocenters. The number of thiophene rings is 1. The lowest BCUT2D eigenvalue weighted by Crippen LogP contribution is -1.97. The number of carbonyl (C=O) groups is 1. The Bertz CT molecular complexity index is 501. The molecule has 82 valence electrons. The van der Waals surface area contributed by atoms with Crippen molar-refractivity contribution in [3.8, 4) is 0 Å². The number of rotatable bonds is 2. The van der Waals surface area contributed by atoms with Crippen LogP contribution in [0.3, 0.4) is 0 Å². The third-order valence-electron chi connectivity index (χ3n) is 2.70. The van der Waals surface area contributed by atoms with Crippen LogP contribution in [0.4, 0.5) is 0 Å². The molecule has 2 heteroatoms. The standard InChI is InChI=1S/C14H14OS/c1-9-4-6-12(7-5-9)14(15)13-8-10(2)11(3)16-13/h4-8H,1-3H3. The van der Waals surface area contributed by atoms with Crippen LogP contribution in [0.15, 0.2) is 30.3 Å². The van der Waals surface area contributed by atoms with Crippen LogP contribution in [0.25, 0.3) is 0 Å². The van der Waals surface area contributed by atoms with E-state index in [-0.39, 0.29) is 5.78 Å². The Labute approximate surface area is 99.8 Å². The van der Waals surface area contributed by atoms with E-state index in [1.165, 1.54) is 16.0 Å². The SMILES string of the molecule is Cc1ccc(C(=O)c2cc(C)c(C)s2)cc1. The van der Waals surface area contributed by atoms with Gasteiger partial charge in [-0.1, -0.05) is 29.8 Å². The van der Waals surface area contributed by atoms with Crippen molar-refractivity contribution in [1.82, 2.24) is 0 Å². The molecule has 1 nitrogen and oxygen atoms in total. The quantitative estimate of drug-likeness (QED) is 0.715. The van der Waals surface area contributed by atoms with Crippen molar-refractivity contribution < 1.29 is 4.79 Å². The van der Waals surface area contributed by atoms with Gasteiger partial charge in [0.15, 0.2) is 0 Å². The van der Waals surface area contributed by atoms with Crippen molar-refractivity contribution in [3.05, 3.63) is 56.8 Å². The molecule has 0 N–H and O–H groups in total. The van der Waals surface area contributed by atoms with E-state index in [1.54, 1.807) is 11.3 Å². The Hall–Kier alpha value is -1.41. The Morgan fingerprint density at radius 1 is 1.06 bits per heavy atom. The van der Waals surface area contributed by atoms with E-state index in [2.05, 4.69) is 0 Å². The molecule has 0 spiro atoms. The van der Waals surface area contributed by atoms with E-state index < -0.39 is 0 Å². The lowest BCUT2D eigenvalue weighted by atomic mass is 10.1. The zero-order chi connectivity index (χ0) is 11.7. The first-order chi connectivity index (χ1) is 7.58. The first kappa shape index (κ1) is 11.1. The van der Waals surface area contributed by atoms with Crippen molar-refractivity contribution in [2.75, 3.05) is 0 Å². The highest BCUT2D eigenvalue weighted by atomic mass is 32.1. The topological polar surface area (TPSA) is 17.1 Å². The second-order valence-corrected chi connectivity index (χ2v) is 5.30. The summed E-state index contributed by atoms with van der Waals surface area (Å²) in [7, 11) is 0. The summed E-state index contributed by atoms with van der Waals surface area (Å²) in [6.45, 7) is 6.11. The van der Waals surface area contributed by atoms with Gasteiger partial charge < -0.3 is 0 Å². The highest BCUT2D eigenvalue weighted by Crippen LogP contribution is 2.23. The van der Waals surface area contributed by atoms with Crippen molar-refractivity contribution in [2.24, 2.45) is 0 Å². The number of carbonyl (C=O) groups excluding carboxylic acids is 1. The average molecular weight is 230 g/mol. The number of hydrogen-bond acceptors (Lipinski definition) is 2. The molecule has 0 saturated heterocycles. The van der Waals surface area contributed by atoms with Crippen LogP contribution in [0.1, 0.15) is 31.2 Å². The van der Waals surface area contributed by atoms with E-state index in [1.807, 2.05) is 51.1 Å². The maximum Gasteiger partial charge on any atom is 0.202 e. The molecule has 1 aromatic heterocycles. The van der Waals surface area contributed by atoms with E-state index in [0.717, 1.165) is 10.4 Å². The summed E-state index contributed by atoms with van der Waals surface area (Å²) in [6, 6.07) is 9.70. The van der Waals surface area contributed by atoms with Gasteiger partial charge in [0.2, 0.25) is 5.78 Å². The summed E-state index contributed by atoms with van der Waals surface area (Å²) in [6.07, 6.45) is 0. The first-order valence-electron chi connectivity index (χ1n) is 5.26. The Morgan fingerprint density at radius 2 is 1.69 bits per heavy atom. The van der Waals surface area contributed by atoms with Gasteiger partial charge in [0.05, 0.1) is 4.88 Å². The molecule has 1 heterocycles. The number of hydrogen-bond donors (Lipinski definition) is 0. The molecule has 0 fully saturated rings. The van der Waals surface area contributed by atoms with Crippen LogP contribution in [-0.2, 0) is 0 Å². The Kier molecular flexibility index (Phi) is 2.92. The summed E-state index contributed by atoms with van der Waals surface area (Å²) in [5.74, 6) is 0.126. The largest absolute Gasteiger partial charge is 0.288 e. The maximum absolute atomic E-state index is 12.1. The first-order valence-corrected chi connectivity index (χ1v) is 6.08. The molecule has 0 aliphatic carbocycles. The zero-order valence-corrected chi connectivity index (χ0v) is 10.5. The fourth-order valence-corrected chi connectivity index (χ4v) is 2.53. The molecule has 2 rings (SSSR count). The molecule has 1 aromatic carbocycles. The molecule has 2 aromatic rings. The van der Waals surface area contributed by atoms with Crippen molar-refractivity contribution in [2.45, 2.75) is 20.8 Å². The van der Waals surface area contributed by atoms with Crippen LogP contribution in [0, 0.1) is 20.8 Å². The monoisotopic (exact) mass is 230 g/mol. The molecule has 0 aliphatic heterocycles. The summed E-state index contributed by atoms with van der Waals surface area (Å²) in [5, 5.41) is 0. The van der Waals surface area contributed by atoms with Crippen LogP contribution in [0.2, 0.25) is 0 Å². The van der Waals surface area contributed by atoms with Crippen LogP contribution >= 0.6 is 11.3 Å². The molecule has 0 radical (unpaired) electrons. The van der Waals surface area contributed by atoms with Crippen LogP contribution in [-0.4, -0.2) is 5.78 Å². The second-order valence-electron chi connectivity index (χ2n) is 4.04. The van der Waals surface area contributed by atoms with Crippen molar-refractivity contribution >= 4 is 17.1 Å². The maximum atomic E-state index is 12.1. The van der Waals surface area contributed by atoms with Crippen LogP contribution < -0.4 is 0 Å². The third kappa shape index (κ3) is 2.07. The minimum absolute atomic E-state index is 0.126. The second kappa shape index (κ2) is 4.22. The smallest absolute Gasteiger partial charge is 0.202 e. The predicted molar refractivity (Wildman–Crippen MR) is 68.4 cm³/mol. The highest BCUT2D eigenvalue weighted by Gasteiger charge is 2.12. The van der Waals surface area contributed by atoms with E-state index >= 15 is 0 Å². The highest BCUT2D eigenvalue weighted by molar-refractivity contribution is 7.14. The fraction of sp³-hybridized carbons (Fsp3) is 0.214. The van der Waals surface area contributed by atoms with Crippen molar-refractivity contribution in [1.29, 1.82) is 0 Å². The predicted octanol–water partition coefficient (Wildman–Crippen LogP) is 3.90. The van der Waals surface area contributed by atoms with E-state index in [9.17, 15) is 4.79 Å². The van der Waals surface area contributed by atoms with Gasteiger partial charge in [-0.2, -0.15) is 0 Å². The average Bonchev–Trinajstić information content (AvgIpc) is 2.59.